The lowest BCUT2D eigenvalue weighted by atomic mass is 9.63. The minimum atomic E-state index is -0.184. The van der Waals surface area contributed by atoms with Crippen molar-refractivity contribution in [1.82, 2.24) is 5.32 Å². The Bertz CT molecular complexity index is 316. The molecular formula is C12H19NO3. The molecule has 0 aromatic heterocycles. The van der Waals surface area contributed by atoms with E-state index in [-0.39, 0.29) is 35.4 Å². The lowest BCUT2D eigenvalue weighted by Gasteiger charge is -2.47. The first-order valence-electron chi connectivity index (χ1n) is 5.92. The molecule has 0 aromatic carbocycles. The van der Waals surface area contributed by atoms with Crippen LogP contribution in [0.1, 0.15) is 40.0 Å². The van der Waals surface area contributed by atoms with Crippen LogP contribution in [-0.2, 0) is 14.3 Å². The standard InChI is InChI=1S/C12H19NO3/c1-7-4-12(5-8(2)16-7)6-10(14)13-11(15)9(12)3/h7-9H,4-6H2,1-3H3,(H,13,14,15). The first-order valence-corrected chi connectivity index (χ1v) is 5.92. The van der Waals surface area contributed by atoms with Crippen molar-refractivity contribution in [2.45, 2.75) is 52.2 Å². The van der Waals surface area contributed by atoms with Crippen molar-refractivity contribution in [1.29, 1.82) is 0 Å². The Morgan fingerprint density at radius 2 is 1.75 bits per heavy atom. The molecule has 3 unspecified atom stereocenters. The van der Waals surface area contributed by atoms with E-state index < -0.39 is 0 Å². The number of hydrogen-bond donors (Lipinski definition) is 1. The third-order valence-corrected chi connectivity index (χ3v) is 3.94. The average molecular weight is 225 g/mol. The van der Waals surface area contributed by atoms with Crippen LogP contribution in [0.2, 0.25) is 0 Å². The Morgan fingerprint density at radius 1 is 1.19 bits per heavy atom. The smallest absolute Gasteiger partial charge is 0.229 e. The molecule has 2 aliphatic rings. The molecule has 2 rings (SSSR count). The highest BCUT2D eigenvalue weighted by Crippen LogP contribution is 2.47. The van der Waals surface area contributed by atoms with Crippen LogP contribution in [0.15, 0.2) is 0 Å². The fourth-order valence-electron chi connectivity index (χ4n) is 3.26. The Morgan fingerprint density at radius 3 is 2.31 bits per heavy atom. The van der Waals surface area contributed by atoms with Gasteiger partial charge in [-0.25, -0.2) is 0 Å². The third-order valence-electron chi connectivity index (χ3n) is 3.94. The zero-order valence-corrected chi connectivity index (χ0v) is 10.1. The summed E-state index contributed by atoms with van der Waals surface area (Å²) in [4.78, 5) is 23.3. The molecule has 4 heteroatoms. The molecule has 2 heterocycles. The lowest BCUT2D eigenvalue weighted by Crippen LogP contribution is -2.55. The summed E-state index contributed by atoms with van der Waals surface area (Å²) >= 11 is 0. The van der Waals surface area contributed by atoms with Crippen LogP contribution in [-0.4, -0.2) is 24.0 Å². The van der Waals surface area contributed by atoms with E-state index in [1.54, 1.807) is 0 Å². The molecule has 16 heavy (non-hydrogen) atoms. The predicted octanol–water partition coefficient (Wildman–Crippen LogP) is 1.24. The summed E-state index contributed by atoms with van der Waals surface area (Å²) in [6.07, 6.45) is 2.32. The molecule has 0 bridgehead atoms. The molecule has 2 aliphatic heterocycles. The summed E-state index contributed by atoms with van der Waals surface area (Å²) < 4.78 is 5.69. The van der Waals surface area contributed by atoms with Crippen LogP contribution in [0, 0.1) is 11.3 Å². The summed E-state index contributed by atoms with van der Waals surface area (Å²) in [5.41, 5.74) is -0.184. The van der Waals surface area contributed by atoms with Gasteiger partial charge < -0.3 is 4.74 Å². The highest BCUT2D eigenvalue weighted by Gasteiger charge is 2.49. The maximum absolute atomic E-state index is 11.7. The van der Waals surface area contributed by atoms with Gasteiger partial charge in [-0.1, -0.05) is 6.92 Å². The van der Waals surface area contributed by atoms with Crippen LogP contribution in [0.3, 0.4) is 0 Å². The fraction of sp³-hybridized carbons (Fsp3) is 0.833. The van der Waals surface area contributed by atoms with Gasteiger partial charge in [0.2, 0.25) is 11.8 Å². The quantitative estimate of drug-likeness (QED) is 0.631. The molecule has 3 atom stereocenters. The first-order chi connectivity index (χ1) is 7.43. The Balaban J connectivity index is 2.27. The molecule has 4 nitrogen and oxygen atoms in total. The first kappa shape index (κ1) is 11.6. The highest BCUT2D eigenvalue weighted by molar-refractivity contribution is 5.99. The van der Waals surface area contributed by atoms with Gasteiger partial charge in [0.1, 0.15) is 0 Å². The Kier molecular flexibility index (Phi) is 2.78. The number of imide groups is 1. The van der Waals surface area contributed by atoms with E-state index in [1.165, 1.54) is 0 Å². The minimum Gasteiger partial charge on any atom is -0.376 e. The maximum atomic E-state index is 11.7. The van der Waals surface area contributed by atoms with Crippen molar-refractivity contribution in [2.24, 2.45) is 11.3 Å². The molecule has 2 amide bonds. The van der Waals surface area contributed by atoms with E-state index in [1.807, 2.05) is 20.8 Å². The van der Waals surface area contributed by atoms with Gasteiger partial charge in [-0.3, -0.25) is 14.9 Å². The fourth-order valence-corrected chi connectivity index (χ4v) is 3.26. The summed E-state index contributed by atoms with van der Waals surface area (Å²) in [6.45, 7) is 5.95. The second-order valence-corrected chi connectivity index (χ2v) is 5.34. The summed E-state index contributed by atoms with van der Waals surface area (Å²) in [5, 5.41) is 2.41. The van der Waals surface area contributed by atoms with Crippen LogP contribution >= 0.6 is 0 Å². The van der Waals surface area contributed by atoms with Gasteiger partial charge in [0, 0.05) is 12.3 Å². The monoisotopic (exact) mass is 225 g/mol. The second-order valence-electron chi connectivity index (χ2n) is 5.34. The van der Waals surface area contributed by atoms with Gasteiger partial charge in [-0.05, 0) is 32.1 Å². The number of amides is 2. The van der Waals surface area contributed by atoms with Gasteiger partial charge in [-0.2, -0.15) is 0 Å². The highest BCUT2D eigenvalue weighted by atomic mass is 16.5. The van der Waals surface area contributed by atoms with Crippen molar-refractivity contribution in [3.05, 3.63) is 0 Å². The Hall–Kier alpha value is -0.900. The van der Waals surface area contributed by atoms with Gasteiger partial charge >= 0.3 is 0 Å². The predicted molar refractivity (Wildman–Crippen MR) is 58.6 cm³/mol. The molecule has 0 aromatic rings. The summed E-state index contributed by atoms with van der Waals surface area (Å²) in [5.74, 6) is -0.360. The van der Waals surface area contributed by atoms with Gasteiger partial charge in [0.15, 0.2) is 0 Å². The summed E-state index contributed by atoms with van der Waals surface area (Å²) in [7, 11) is 0. The minimum absolute atomic E-state index is 0.0981. The molecule has 1 spiro atoms. The number of ether oxygens (including phenoxy) is 1. The number of piperidine rings is 1. The number of hydrogen-bond acceptors (Lipinski definition) is 3. The zero-order valence-electron chi connectivity index (χ0n) is 10.1. The Labute approximate surface area is 95.7 Å². The lowest BCUT2D eigenvalue weighted by molar-refractivity contribution is -0.156. The van der Waals surface area contributed by atoms with E-state index >= 15 is 0 Å². The molecule has 0 saturated carbocycles. The van der Waals surface area contributed by atoms with Crippen LogP contribution < -0.4 is 5.32 Å². The van der Waals surface area contributed by atoms with E-state index in [2.05, 4.69) is 5.32 Å². The van der Waals surface area contributed by atoms with Crippen molar-refractivity contribution >= 4 is 11.8 Å². The number of nitrogens with one attached hydrogen (secondary N) is 1. The molecule has 1 N–H and O–H groups in total. The van der Waals surface area contributed by atoms with E-state index in [0.29, 0.717) is 6.42 Å². The van der Waals surface area contributed by atoms with E-state index in [9.17, 15) is 9.59 Å². The van der Waals surface area contributed by atoms with E-state index in [4.69, 9.17) is 4.74 Å². The van der Waals surface area contributed by atoms with Crippen molar-refractivity contribution < 1.29 is 14.3 Å². The van der Waals surface area contributed by atoms with Crippen LogP contribution in [0.5, 0.6) is 0 Å². The van der Waals surface area contributed by atoms with Crippen molar-refractivity contribution in [3.8, 4) is 0 Å². The molecule has 2 saturated heterocycles. The van der Waals surface area contributed by atoms with Crippen molar-refractivity contribution in [2.75, 3.05) is 0 Å². The number of carbonyl (C=O) groups is 2. The molecule has 90 valence electrons. The van der Waals surface area contributed by atoms with E-state index in [0.717, 1.165) is 12.8 Å². The van der Waals surface area contributed by atoms with Gasteiger partial charge in [-0.15, -0.1) is 0 Å². The van der Waals surface area contributed by atoms with Crippen LogP contribution in [0.25, 0.3) is 0 Å². The largest absolute Gasteiger partial charge is 0.376 e. The van der Waals surface area contributed by atoms with Crippen molar-refractivity contribution in [3.63, 3.8) is 0 Å². The average Bonchev–Trinajstić information content (AvgIpc) is 2.12. The zero-order chi connectivity index (χ0) is 11.9. The molecule has 0 aliphatic carbocycles. The molecule has 0 radical (unpaired) electrons. The summed E-state index contributed by atoms with van der Waals surface area (Å²) in [6, 6.07) is 0. The normalized spacial score (nSPS) is 44.6. The third kappa shape index (κ3) is 1.86. The second kappa shape index (κ2) is 3.84. The topological polar surface area (TPSA) is 55.4 Å². The molecular weight excluding hydrogens is 206 g/mol. The van der Waals surface area contributed by atoms with Gasteiger partial charge in [0.25, 0.3) is 0 Å². The molecule has 2 fully saturated rings. The van der Waals surface area contributed by atoms with Gasteiger partial charge in [0.05, 0.1) is 12.2 Å². The maximum Gasteiger partial charge on any atom is 0.229 e. The SMILES string of the molecule is CC1CC2(CC(=O)NC(=O)C2C)CC(C)O1. The van der Waals surface area contributed by atoms with Crippen LogP contribution in [0.4, 0.5) is 0 Å². The number of rotatable bonds is 0. The number of carbonyl (C=O) groups excluding carboxylic acids is 2.